The second-order valence-electron chi connectivity index (χ2n) is 8.31. The average Bonchev–Trinajstić information content (AvgIpc) is 3.23. The van der Waals surface area contributed by atoms with Crippen molar-refractivity contribution in [3.63, 3.8) is 0 Å². The Morgan fingerprint density at radius 1 is 0.970 bits per heavy atom. The summed E-state index contributed by atoms with van der Waals surface area (Å²) in [4.78, 5) is 6.80. The van der Waals surface area contributed by atoms with Crippen LogP contribution in [0.2, 0.25) is 0 Å². The molecule has 0 bridgehead atoms. The van der Waals surface area contributed by atoms with E-state index in [-0.39, 0.29) is 18.4 Å². The van der Waals surface area contributed by atoms with Crippen molar-refractivity contribution in [2.75, 3.05) is 43.1 Å². The van der Waals surface area contributed by atoms with Crippen molar-refractivity contribution >= 4 is 23.1 Å². The number of aliphatic imine (C=N–C) groups is 1. The second-order valence-corrected chi connectivity index (χ2v) is 8.31. The van der Waals surface area contributed by atoms with E-state index < -0.39 is 11.4 Å². The summed E-state index contributed by atoms with van der Waals surface area (Å²) in [7, 11) is 0. The highest BCUT2D eigenvalue weighted by Gasteiger charge is 2.48. The van der Waals surface area contributed by atoms with Crippen LogP contribution in [-0.4, -0.2) is 38.9 Å². The molecule has 1 spiro atoms. The van der Waals surface area contributed by atoms with Gasteiger partial charge in [-0.2, -0.15) is 0 Å². The Balaban J connectivity index is 1.48. The van der Waals surface area contributed by atoms with E-state index in [1.807, 2.05) is 54.6 Å². The quantitative estimate of drug-likeness (QED) is 0.631. The molecule has 3 N–H and O–H groups in total. The lowest BCUT2D eigenvalue weighted by atomic mass is 9.81. The number of hydrogen-bond donors (Lipinski definition) is 2. The summed E-state index contributed by atoms with van der Waals surface area (Å²) in [6, 6.07) is 19.1. The molecule has 1 unspecified atom stereocenters. The zero-order chi connectivity index (χ0) is 22.4. The molecule has 0 radical (unpaired) electrons. The van der Waals surface area contributed by atoms with Gasteiger partial charge in [-0.3, -0.25) is 0 Å². The number of nitrogens with zero attached hydrogens (tertiary/aromatic N) is 2. The number of nitrogens with one attached hydrogen (secondary N) is 1. The number of para-hydroxylation sites is 1. The number of hydrogen-bond acceptors (Lipinski definition) is 7. The first-order valence-electron chi connectivity index (χ1n) is 10.9. The third kappa shape index (κ3) is 3.34. The number of fused-ring (bicyclic) bond motifs is 4. The largest absolute Gasteiger partial charge is 0.462 e. The number of nitrogens with two attached hydrogens (primary N) is 1. The molecule has 1 atom stereocenters. The van der Waals surface area contributed by atoms with Crippen molar-refractivity contribution in [2.45, 2.75) is 5.54 Å². The number of ether oxygens (including phenoxy) is 3. The van der Waals surface area contributed by atoms with Crippen LogP contribution >= 0.6 is 0 Å². The normalized spacial score (nSPS) is 21.0. The zero-order valence-electron chi connectivity index (χ0n) is 17.9. The Labute approximate surface area is 190 Å². The molecule has 0 aromatic heterocycles. The Morgan fingerprint density at radius 3 is 2.55 bits per heavy atom. The number of benzene rings is 3. The summed E-state index contributed by atoms with van der Waals surface area (Å²) in [6.07, 6.45) is 0. The maximum Gasteiger partial charge on any atom is 0.283 e. The molecule has 1 fully saturated rings. The van der Waals surface area contributed by atoms with Gasteiger partial charge >= 0.3 is 0 Å². The van der Waals surface area contributed by atoms with E-state index in [1.165, 1.54) is 6.07 Å². The van der Waals surface area contributed by atoms with Crippen LogP contribution in [0.3, 0.4) is 0 Å². The molecule has 3 aliphatic rings. The highest BCUT2D eigenvalue weighted by molar-refractivity contribution is 5.78. The summed E-state index contributed by atoms with van der Waals surface area (Å²) in [5, 5.41) is 3.40. The molecule has 7 nitrogen and oxygen atoms in total. The molecule has 8 heteroatoms. The molecular weight excluding hydrogens is 423 g/mol. The van der Waals surface area contributed by atoms with Gasteiger partial charge in [-0.05, 0) is 36.4 Å². The van der Waals surface area contributed by atoms with Gasteiger partial charge in [0.15, 0.2) is 17.1 Å². The van der Waals surface area contributed by atoms with Crippen molar-refractivity contribution in [3.05, 3.63) is 77.6 Å². The van der Waals surface area contributed by atoms with Crippen molar-refractivity contribution < 1.29 is 18.6 Å². The standard InChI is InChI=1S/C25H23FN4O3/c26-21-14-18(30-8-10-31-11-9-30)13-20-23(21)33-22-7-6-17(28-16-4-2-1-3-5-16)12-19(22)25(20)15-32-24(27)29-25/h1-7,12-14,28H,8-11,15H2,(H2,27,29). The van der Waals surface area contributed by atoms with E-state index in [4.69, 9.17) is 24.9 Å². The number of amidine groups is 1. The number of halogens is 1. The first kappa shape index (κ1) is 19.9. The summed E-state index contributed by atoms with van der Waals surface area (Å²) in [5.41, 5.74) is 8.94. The molecule has 33 heavy (non-hydrogen) atoms. The fraction of sp³-hybridized carbons (Fsp3) is 0.240. The molecule has 0 saturated carbocycles. The molecule has 3 aliphatic heterocycles. The lowest BCUT2D eigenvalue weighted by Gasteiger charge is -2.36. The average molecular weight is 446 g/mol. The van der Waals surface area contributed by atoms with Crippen LogP contribution in [0.25, 0.3) is 0 Å². The second kappa shape index (κ2) is 7.67. The van der Waals surface area contributed by atoms with Crippen LogP contribution in [-0.2, 0) is 15.0 Å². The van der Waals surface area contributed by atoms with Gasteiger partial charge in [0.1, 0.15) is 12.4 Å². The van der Waals surface area contributed by atoms with E-state index in [9.17, 15) is 0 Å². The fourth-order valence-electron chi connectivity index (χ4n) is 4.66. The first-order valence-corrected chi connectivity index (χ1v) is 10.9. The number of morpholine rings is 1. The van der Waals surface area contributed by atoms with Gasteiger partial charge in [-0.15, -0.1) is 0 Å². The van der Waals surface area contributed by atoms with Gasteiger partial charge in [0.2, 0.25) is 0 Å². The first-order chi connectivity index (χ1) is 16.1. The summed E-state index contributed by atoms with van der Waals surface area (Å²) >= 11 is 0. The van der Waals surface area contributed by atoms with E-state index in [2.05, 4.69) is 10.2 Å². The number of rotatable bonds is 3. The van der Waals surface area contributed by atoms with Gasteiger partial charge in [0, 0.05) is 47.3 Å². The van der Waals surface area contributed by atoms with Crippen LogP contribution in [0.15, 0.2) is 65.7 Å². The third-order valence-corrected chi connectivity index (χ3v) is 6.28. The van der Waals surface area contributed by atoms with Crippen LogP contribution in [0.5, 0.6) is 11.5 Å². The van der Waals surface area contributed by atoms with Crippen LogP contribution < -0.4 is 20.7 Å². The van der Waals surface area contributed by atoms with Crippen molar-refractivity contribution in [3.8, 4) is 11.5 Å². The minimum atomic E-state index is -0.996. The highest BCUT2D eigenvalue weighted by Crippen LogP contribution is 2.53. The molecule has 0 aliphatic carbocycles. The Bertz CT molecular complexity index is 1240. The van der Waals surface area contributed by atoms with E-state index >= 15 is 4.39 Å². The predicted molar refractivity (Wildman–Crippen MR) is 124 cm³/mol. The molecule has 1 saturated heterocycles. The van der Waals surface area contributed by atoms with E-state index in [0.717, 1.165) is 22.6 Å². The van der Waals surface area contributed by atoms with Gasteiger partial charge in [-0.1, -0.05) is 18.2 Å². The lowest BCUT2D eigenvalue weighted by Crippen LogP contribution is -2.37. The third-order valence-electron chi connectivity index (χ3n) is 6.28. The van der Waals surface area contributed by atoms with Crippen molar-refractivity contribution in [1.29, 1.82) is 0 Å². The minimum Gasteiger partial charge on any atom is -0.462 e. The monoisotopic (exact) mass is 446 g/mol. The Hall–Kier alpha value is -3.78. The number of anilines is 3. The van der Waals surface area contributed by atoms with Crippen LogP contribution in [0.1, 0.15) is 11.1 Å². The SMILES string of the molecule is NC1=NC2(CO1)c1cc(Nc3ccccc3)ccc1Oc1c(F)cc(N3CCOCC3)cc12. The minimum absolute atomic E-state index is 0.0763. The Morgan fingerprint density at radius 2 is 1.79 bits per heavy atom. The summed E-state index contributed by atoms with van der Waals surface area (Å²) < 4.78 is 32.5. The predicted octanol–water partition coefficient (Wildman–Crippen LogP) is 4.10. The Kier molecular flexibility index (Phi) is 4.62. The van der Waals surface area contributed by atoms with E-state index in [0.29, 0.717) is 37.6 Å². The van der Waals surface area contributed by atoms with Gasteiger partial charge in [0.25, 0.3) is 6.02 Å². The molecule has 3 aromatic carbocycles. The molecule has 3 aromatic rings. The smallest absolute Gasteiger partial charge is 0.283 e. The molecular formula is C25H23FN4O3. The maximum absolute atomic E-state index is 15.4. The maximum atomic E-state index is 15.4. The van der Waals surface area contributed by atoms with Crippen LogP contribution in [0, 0.1) is 5.82 Å². The molecule has 6 rings (SSSR count). The molecule has 0 amide bonds. The zero-order valence-corrected chi connectivity index (χ0v) is 17.9. The fourth-order valence-corrected chi connectivity index (χ4v) is 4.66. The topological polar surface area (TPSA) is 81.3 Å². The molecule has 3 heterocycles. The van der Waals surface area contributed by atoms with Gasteiger partial charge < -0.3 is 30.2 Å². The van der Waals surface area contributed by atoms with Crippen LogP contribution in [0.4, 0.5) is 21.5 Å². The summed E-state index contributed by atoms with van der Waals surface area (Å²) in [6.45, 7) is 2.76. The highest BCUT2D eigenvalue weighted by atomic mass is 19.1. The van der Waals surface area contributed by atoms with Crippen molar-refractivity contribution in [2.24, 2.45) is 10.7 Å². The lowest BCUT2D eigenvalue weighted by molar-refractivity contribution is 0.122. The van der Waals surface area contributed by atoms with Gasteiger partial charge in [0.05, 0.1) is 13.2 Å². The summed E-state index contributed by atoms with van der Waals surface area (Å²) in [5.74, 6) is 0.248. The molecule has 168 valence electrons. The van der Waals surface area contributed by atoms with Gasteiger partial charge in [-0.25, -0.2) is 9.38 Å². The van der Waals surface area contributed by atoms with Crippen molar-refractivity contribution in [1.82, 2.24) is 0 Å². The van der Waals surface area contributed by atoms with E-state index in [1.54, 1.807) is 0 Å².